The topological polar surface area (TPSA) is 102 Å². The minimum absolute atomic E-state index is 0.0447. The van der Waals surface area contributed by atoms with Crippen molar-refractivity contribution in [2.75, 3.05) is 13.7 Å². The van der Waals surface area contributed by atoms with Crippen molar-refractivity contribution in [1.82, 2.24) is 10.2 Å². The van der Waals surface area contributed by atoms with Gasteiger partial charge in [-0.05, 0) is 86.0 Å². The largest absolute Gasteiger partial charge is 0.487 e. The zero-order valence-electron chi connectivity index (χ0n) is 22.4. The fourth-order valence-corrected chi connectivity index (χ4v) is 8.80. The first-order valence-electron chi connectivity index (χ1n) is 14.1. The molecule has 7 atom stereocenters. The summed E-state index contributed by atoms with van der Waals surface area (Å²) in [5.74, 6) is 2.56. The number of rotatable bonds is 7. The lowest BCUT2D eigenvalue weighted by Gasteiger charge is -2.61. The van der Waals surface area contributed by atoms with Crippen LogP contribution in [0.2, 0.25) is 0 Å². The van der Waals surface area contributed by atoms with Crippen molar-refractivity contribution < 1.29 is 19.2 Å². The third-order valence-corrected chi connectivity index (χ3v) is 10.8. The molecular formula is C29H41N3O5. The molecule has 1 aliphatic heterocycles. The van der Waals surface area contributed by atoms with Gasteiger partial charge in [0, 0.05) is 38.0 Å². The SMILES string of the molecule is CN1C(=O)CC[C@@]2(C)C1CC[C@@H]1[C@H]2CC[C@]2(C)C(NC(=O)CCCOc3ccccc3[N+](=O)[O-])CC[C@@H]12. The Labute approximate surface area is 219 Å². The first kappa shape index (κ1) is 26.0. The van der Waals surface area contributed by atoms with Crippen LogP contribution in [0, 0.1) is 38.7 Å². The molecule has 0 bridgehead atoms. The van der Waals surface area contributed by atoms with Gasteiger partial charge in [0.25, 0.3) is 0 Å². The lowest BCUT2D eigenvalue weighted by molar-refractivity contribution is -0.385. The Morgan fingerprint density at radius 2 is 1.86 bits per heavy atom. The fraction of sp³-hybridized carbons (Fsp3) is 0.724. The number of ether oxygens (including phenoxy) is 1. The summed E-state index contributed by atoms with van der Waals surface area (Å²) in [7, 11) is 2.00. The van der Waals surface area contributed by atoms with Crippen LogP contribution in [-0.2, 0) is 9.59 Å². The molecule has 8 nitrogen and oxygen atoms in total. The molecule has 3 aliphatic carbocycles. The summed E-state index contributed by atoms with van der Waals surface area (Å²) in [4.78, 5) is 38.0. The van der Waals surface area contributed by atoms with Crippen LogP contribution in [0.5, 0.6) is 5.75 Å². The van der Waals surface area contributed by atoms with Gasteiger partial charge in [-0.2, -0.15) is 0 Å². The lowest BCUT2D eigenvalue weighted by Crippen LogP contribution is -2.62. The molecule has 0 aromatic heterocycles. The van der Waals surface area contributed by atoms with Gasteiger partial charge in [-0.15, -0.1) is 0 Å². The number of carbonyl (C=O) groups is 2. The van der Waals surface area contributed by atoms with Gasteiger partial charge in [0.1, 0.15) is 0 Å². The maximum Gasteiger partial charge on any atom is 0.310 e. The van der Waals surface area contributed by atoms with Crippen molar-refractivity contribution >= 4 is 17.5 Å². The average Bonchev–Trinajstić information content (AvgIpc) is 3.20. The maximum absolute atomic E-state index is 12.9. The fourth-order valence-electron chi connectivity index (χ4n) is 8.80. The summed E-state index contributed by atoms with van der Waals surface area (Å²) >= 11 is 0. The Balaban J connectivity index is 1.16. The molecule has 1 N–H and O–H groups in total. The van der Waals surface area contributed by atoms with Gasteiger partial charge in [0.15, 0.2) is 5.75 Å². The third-order valence-electron chi connectivity index (χ3n) is 10.8. The van der Waals surface area contributed by atoms with Crippen molar-refractivity contribution in [3.8, 4) is 5.75 Å². The normalized spacial score (nSPS) is 36.8. The Morgan fingerprint density at radius 3 is 2.65 bits per heavy atom. The van der Waals surface area contributed by atoms with Gasteiger partial charge < -0.3 is 15.0 Å². The smallest absolute Gasteiger partial charge is 0.310 e. The van der Waals surface area contributed by atoms with Crippen LogP contribution in [-0.4, -0.2) is 47.4 Å². The quantitative estimate of drug-likeness (QED) is 0.312. The van der Waals surface area contributed by atoms with E-state index in [1.807, 2.05) is 11.9 Å². The number of para-hydroxylation sites is 2. The van der Waals surface area contributed by atoms with Crippen LogP contribution in [0.3, 0.4) is 0 Å². The van der Waals surface area contributed by atoms with Gasteiger partial charge in [0.2, 0.25) is 11.8 Å². The van der Waals surface area contributed by atoms with Crippen molar-refractivity contribution in [3.63, 3.8) is 0 Å². The predicted octanol–water partition coefficient (Wildman–Crippen LogP) is 5.10. The number of hydrogen-bond donors (Lipinski definition) is 1. The van der Waals surface area contributed by atoms with Crippen molar-refractivity contribution in [2.45, 2.75) is 90.1 Å². The highest BCUT2D eigenvalue weighted by molar-refractivity contribution is 5.77. The number of nitrogens with zero attached hydrogens (tertiary/aromatic N) is 2. The lowest BCUT2D eigenvalue weighted by atomic mass is 9.47. The summed E-state index contributed by atoms with van der Waals surface area (Å²) in [5.41, 5.74) is 0.279. The molecule has 1 aromatic rings. The summed E-state index contributed by atoms with van der Waals surface area (Å²) in [6, 6.07) is 6.90. The molecule has 1 saturated heterocycles. The van der Waals surface area contributed by atoms with Gasteiger partial charge in [0.05, 0.1) is 11.5 Å². The van der Waals surface area contributed by atoms with E-state index in [0.717, 1.165) is 25.7 Å². The molecule has 8 heteroatoms. The van der Waals surface area contributed by atoms with Gasteiger partial charge in [-0.1, -0.05) is 26.0 Å². The molecule has 1 aromatic carbocycles. The zero-order valence-corrected chi connectivity index (χ0v) is 22.4. The average molecular weight is 512 g/mol. The second kappa shape index (κ2) is 9.91. The molecule has 2 amide bonds. The Bertz CT molecular complexity index is 1060. The number of piperidine rings is 1. The van der Waals surface area contributed by atoms with Gasteiger partial charge >= 0.3 is 5.69 Å². The highest BCUT2D eigenvalue weighted by Crippen LogP contribution is 2.64. The molecular weight excluding hydrogens is 470 g/mol. The number of hydrogen-bond acceptors (Lipinski definition) is 5. The number of nitro benzene ring substituents is 1. The molecule has 4 aliphatic rings. The van der Waals surface area contributed by atoms with E-state index in [4.69, 9.17) is 4.74 Å². The van der Waals surface area contributed by atoms with Crippen molar-refractivity contribution in [3.05, 3.63) is 34.4 Å². The van der Waals surface area contributed by atoms with Crippen LogP contribution in [0.25, 0.3) is 0 Å². The van der Waals surface area contributed by atoms with Crippen LogP contribution in [0.15, 0.2) is 24.3 Å². The van der Waals surface area contributed by atoms with E-state index in [9.17, 15) is 19.7 Å². The first-order chi connectivity index (χ1) is 17.6. The monoisotopic (exact) mass is 511 g/mol. The van der Waals surface area contributed by atoms with Crippen LogP contribution in [0.4, 0.5) is 5.69 Å². The predicted molar refractivity (Wildman–Crippen MR) is 140 cm³/mol. The van der Waals surface area contributed by atoms with Crippen LogP contribution in [0.1, 0.15) is 78.1 Å². The number of nitrogens with one attached hydrogen (secondary N) is 1. The first-order valence-corrected chi connectivity index (χ1v) is 14.1. The number of fused-ring (bicyclic) bond motifs is 5. The standard InChI is InChI=1S/C29H41N3O5/c1-28-16-14-21-19(10-13-25-29(21,2)17-15-27(34)31(25)3)20(28)11-12-24(28)30-26(33)9-6-18-37-23-8-5-4-7-22(23)32(35)36/h4-5,7-8,19-21,24-25H,6,9-18H2,1-3H3,(H,30,33)/t19-,20-,21+,24?,25?,28-,29+/m0/s1. The Morgan fingerprint density at radius 1 is 1.11 bits per heavy atom. The molecule has 2 unspecified atom stereocenters. The minimum Gasteiger partial charge on any atom is -0.487 e. The second-order valence-electron chi connectivity index (χ2n) is 12.4. The molecule has 3 saturated carbocycles. The van der Waals surface area contributed by atoms with Crippen molar-refractivity contribution in [1.29, 1.82) is 0 Å². The number of amides is 2. The Kier molecular flexibility index (Phi) is 6.96. The molecule has 202 valence electrons. The number of benzene rings is 1. The van der Waals surface area contributed by atoms with E-state index in [-0.39, 0.29) is 40.8 Å². The third kappa shape index (κ3) is 4.50. The van der Waals surface area contributed by atoms with Crippen LogP contribution < -0.4 is 10.1 Å². The number of nitro groups is 1. The number of carbonyl (C=O) groups excluding carboxylic acids is 2. The second-order valence-corrected chi connectivity index (χ2v) is 12.4. The molecule has 1 heterocycles. The van der Waals surface area contributed by atoms with E-state index in [1.54, 1.807) is 18.2 Å². The summed E-state index contributed by atoms with van der Waals surface area (Å²) < 4.78 is 5.60. The van der Waals surface area contributed by atoms with Gasteiger partial charge in [-0.3, -0.25) is 19.7 Å². The molecule has 0 spiro atoms. The Hall–Kier alpha value is -2.64. The summed E-state index contributed by atoms with van der Waals surface area (Å²) in [5, 5.41) is 14.5. The molecule has 4 fully saturated rings. The highest BCUT2D eigenvalue weighted by atomic mass is 16.6. The van der Waals surface area contributed by atoms with E-state index < -0.39 is 4.92 Å². The van der Waals surface area contributed by atoms with E-state index in [0.29, 0.717) is 49.0 Å². The molecule has 0 radical (unpaired) electrons. The van der Waals surface area contributed by atoms with Crippen LogP contribution >= 0.6 is 0 Å². The van der Waals surface area contributed by atoms with E-state index in [2.05, 4.69) is 19.2 Å². The van der Waals surface area contributed by atoms with Gasteiger partial charge in [-0.25, -0.2) is 0 Å². The zero-order chi connectivity index (χ0) is 26.4. The summed E-state index contributed by atoms with van der Waals surface area (Å²) in [6.45, 7) is 5.11. The minimum atomic E-state index is -0.452. The number of likely N-dealkylation sites (tertiary alicyclic amines) is 1. The van der Waals surface area contributed by atoms with Crippen molar-refractivity contribution in [2.24, 2.45) is 28.6 Å². The maximum atomic E-state index is 12.9. The summed E-state index contributed by atoms with van der Waals surface area (Å²) in [6.07, 6.45) is 9.35. The van der Waals surface area contributed by atoms with E-state index in [1.165, 1.54) is 25.3 Å². The molecule has 37 heavy (non-hydrogen) atoms. The van der Waals surface area contributed by atoms with E-state index >= 15 is 0 Å². The highest BCUT2D eigenvalue weighted by Gasteiger charge is 2.61. The molecule has 5 rings (SSSR count).